The third-order valence-electron chi connectivity index (χ3n) is 5.05. The van der Waals surface area contributed by atoms with Gasteiger partial charge in [-0.05, 0) is 61.6 Å². The van der Waals surface area contributed by atoms with Gasteiger partial charge in [0.1, 0.15) is 0 Å². The molecule has 0 aromatic heterocycles. The number of aliphatic hydroxyl groups is 1. The molecule has 0 saturated heterocycles. The molecule has 1 aliphatic carbocycles. The highest BCUT2D eigenvalue weighted by molar-refractivity contribution is 7.99. The fourth-order valence-corrected chi connectivity index (χ4v) is 4.37. The molecule has 1 fully saturated rings. The SMILES string of the molecule is Cc1cc(Sc2ccccc2)ccc1NC(=O)C(=O)NCC(O)C1CCCC1. The molecule has 3 rings (SSSR count). The van der Waals surface area contributed by atoms with Crippen LogP contribution < -0.4 is 10.6 Å². The highest BCUT2D eigenvalue weighted by Gasteiger charge is 2.24. The first kappa shape index (κ1) is 20.4. The van der Waals surface area contributed by atoms with Crippen molar-refractivity contribution in [2.75, 3.05) is 11.9 Å². The van der Waals surface area contributed by atoms with Crippen LogP contribution in [0.25, 0.3) is 0 Å². The Morgan fingerprint density at radius 1 is 1.07 bits per heavy atom. The molecule has 0 spiro atoms. The van der Waals surface area contributed by atoms with E-state index < -0.39 is 17.9 Å². The van der Waals surface area contributed by atoms with Gasteiger partial charge in [-0.1, -0.05) is 42.8 Å². The maximum atomic E-state index is 12.2. The first-order chi connectivity index (χ1) is 13.5. The Morgan fingerprint density at radius 2 is 1.79 bits per heavy atom. The summed E-state index contributed by atoms with van der Waals surface area (Å²) in [7, 11) is 0. The quantitative estimate of drug-likeness (QED) is 0.648. The topological polar surface area (TPSA) is 78.4 Å². The van der Waals surface area contributed by atoms with E-state index in [4.69, 9.17) is 0 Å². The highest BCUT2D eigenvalue weighted by atomic mass is 32.2. The predicted molar refractivity (Wildman–Crippen MR) is 111 cm³/mol. The van der Waals surface area contributed by atoms with E-state index >= 15 is 0 Å². The Morgan fingerprint density at radius 3 is 2.46 bits per heavy atom. The van der Waals surface area contributed by atoms with Crippen LogP contribution in [0.4, 0.5) is 5.69 Å². The molecule has 0 heterocycles. The highest BCUT2D eigenvalue weighted by Crippen LogP contribution is 2.30. The van der Waals surface area contributed by atoms with Gasteiger partial charge in [0.2, 0.25) is 0 Å². The van der Waals surface area contributed by atoms with Crippen LogP contribution in [0.1, 0.15) is 31.2 Å². The van der Waals surface area contributed by atoms with Crippen molar-refractivity contribution in [3.8, 4) is 0 Å². The number of anilines is 1. The van der Waals surface area contributed by atoms with E-state index in [0.717, 1.165) is 41.0 Å². The van der Waals surface area contributed by atoms with Crippen LogP contribution in [0.5, 0.6) is 0 Å². The first-order valence-corrected chi connectivity index (χ1v) is 10.5. The van der Waals surface area contributed by atoms with Crippen LogP contribution in [0.2, 0.25) is 0 Å². The maximum absolute atomic E-state index is 12.2. The number of hydrogen-bond acceptors (Lipinski definition) is 4. The van der Waals surface area contributed by atoms with Gasteiger partial charge in [0.25, 0.3) is 0 Å². The minimum absolute atomic E-state index is 0.114. The van der Waals surface area contributed by atoms with E-state index in [9.17, 15) is 14.7 Å². The Bertz CT molecular complexity index is 820. The van der Waals surface area contributed by atoms with Gasteiger partial charge in [-0.25, -0.2) is 0 Å². The number of rotatable bonds is 6. The van der Waals surface area contributed by atoms with Gasteiger partial charge in [0, 0.05) is 22.0 Å². The zero-order chi connectivity index (χ0) is 19.9. The smallest absolute Gasteiger partial charge is 0.313 e. The number of carbonyl (C=O) groups is 2. The number of aliphatic hydroxyl groups excluding tert-OH is 1. The van der Waals surface area contributed by atoms with E-state index in [0.29, 0.717) is 5.69 Å². The summed E-state index contributed by atoms with van der Waals surface area (Å²) in [4.78, 5) is 26.4. The lowest BCUT2D eigenvalue weighted by atomic mass is 10.0. The van der Waals surface area contributed by atoms with Crippen molar-refractivity contribution < 1.29 is 14.7 Å². The van der Waals surface area contributed by atoms with Crippen molar-refractivity contribution in [1.82, 2.24) is 5.32 Å². The standard InChI is InChI=1S/C22H26N2O3S/c1-15-13-18(28-17-9-3-2-4-10-17)11-12-19(15)24-22(27)21(26)23-14-20(25)16-7-5-6-8-16/h2-4,9-13,16,20,25H,5-8,14H2,1H3,(H,23,26)(H,24,27). The van der Waals surface area contributed by atoms with Gasteiger partial charge in [-0.2, -0.15) is 0 Å². The monoisotopic (exact) mass is 398 g/mol. The zero-order valence-electron chi connectivity index (χ0n) is 16.0. The second-order valence-corrected chi connectivity index (χ2v) is 8.31. The average Bonchev–Trinajstić information content (AvgIpc) is 3.23. The molecule has 1 saturated carbocycles. The molecule has 0 radical (unpaired) electrons. The van der Waals surface area contributed by atoms with Crippen LogP contribution in [-0.2, 0) is 9.59 Å². The van der Waals surface area contributed by atoms with Crippen LogP contribution in [0.3, 0.4) is 0 Å². The number of aryl methyl sites for hydroxylation is 1. The summed E-state index contributed by atoms with van der Waals surface area (Å²) in [5.41, 5.74) is 1.49. The fraction of sp³-hybridized carbons (Fsp3) is 0.364. The number of carbonyl (C=O) groups excluding carboxylic acids is 2. The normalized spacial score (nSPS) is 15.2. The van der Waals surface area contributed by atoms with Crippen molar-refractivity contribution in [1.29, 1.82) is 0 Å². The lowest BCUT2D eigenvalue weighted by Crippen LogP contribution is -2.41. The molecule has 28 heavy (non-hydrogen) atoms. The number of hydrogen-bond donors (Lipinski definition) is 3. The molecule has 0 aliphatic heterocycles. The Labute approximate surface area is 169 Å². The first-order valence-electron chi connectivity index (χ1n) is 9.64. The molecule has 0 bridgehead atoms. The van der Waals surface area contributed by atoms with Gasteiger partial charge < -0.3 is 15.7 Å². The third-order valence-corrected chi connectivity index (χ3v) is 6.04. The summed E-state index contributed by atoms with van der Waals surface area (Å²) in [5, 5.41) is 15.3. The Hall–Kier alpha value is -2.31. The third kappa shape index (κ3) is 5.59. The maximum Gasteiger partial charge on any atom is 0.313 e. The molecule has 5 nitrogen and oxygen atoms in total. The molecule has 2 aromatic rings. The van der Waals surface area contributed by atoms with Crippen LogP contribution in [0, 0.1) is 12.8 Å². The second-order valence-electron chi connectivity index (χ2n) is 7.17. The minimum Gasteiger partial charge on any atom is -0.391 e. The lowest BCUT2D eigenvalue weighted by molar-refractivity contribution is -0.136. The Kier molecular flexibility index (Phi) is 7.12. The molecule has 1 atom stereocenters. The van der Waals surface area contributed by atoms with Gasteiger partial charge in [0.15, 0.2) is 0 Å². The van der Waals surface area contributed by atoms with Crippen molar-refractivity contribution in [2.24, 2.45) is 5.92 Å². The van der Waals surface area contributed by atoms with Crippen molar-refractivity contribution in [2.45, 2.75) is 48.5 Å². The number of nitrogens with one attached hydrogen (secondary N) is 2. The van der Waals surface area contributed by atoms with Crippen LogP contribution >= 0.6 is 11.8 Å². The fourth-order valence-electron chi connectivity index (χ4n) is 3.43. The summed E-state index contributed by atoms with van der Waals surface area (Å²) < 4.78 is 0. The van der Waals surface area contributed by atoms with Crippen molar-refractivity contribution in [3.63, 3.8) is 0 Å². The molecule has 3 N–H and O–H groups in total. The second kappa shape index (κ2) is 9.75. The Balaban J connectivity index is 1.52. The molecule has 6 heteroatoms. The molecule has 2 aromatic carbocycles. The van der Waals surface area contributed by atoms with E-state index in [1.54, 1.807) is 17.8 Å². The van der Waals surface area contributed by atoms with Gasteiger partial charge in [-0.3, -0.25) is 9.59 Å². The van der Waals surface area contributed by atoms with E-state index in [1.165, 1.54) is 0 Å². The van der Waals surface area contributed by atoms with Crippen LogP contribution in [-0.4, -0.2) is 29.6 Å². The van der Waals surface area contributed by atoms with Crippen molar-refractivity contribution >= 4 is 29.3 Å². The molecule has 1 aliphatic rings. The summed E-state index contributed by atoms with van der Waals surface area (Å²) in [5.74, 6) is -1.22. The molecule has 2 amide bonds. The van der Waals surface area contributed by atoms with Gasteiger partial charge in [-0.15, -0.1) is 0 Å². The number of amides is 2. The zero-order valence-corrected chi connectivity index (χ0v) is 16.8. The summed E-state index contributed by atoms with van der Waals surface area (Å²) in [6.07, 6.45) is 3.61. The largest absolute Gasteiger partial charge is 0.391 e. The summed E-state index contributed by atoms with van der Waals surface area (Å²) in [6, 6.07) is 15.8. The lowest BCUT2D eigenvalue weighted by Gasteiger charge is -2.18. The average molecular weight is 399 g/mol. The van der Waals surface area contributed by atoms with Crippen LogP contribution in [0.15, 0.2) is 58.3 Å². The van der Waals surface area contributed by atoms with E-state index in [-0.39, 0.29) is 12.5 Å². The van der Waals surface area contributed by atoms with E-state index in [2.05, 4.69) is 10.6 Å². The molecular weight excluding hydrogens is 372 g/mol. The molecule has 1 unspecified atom stereocenters. The molecular formula is C22H26N2O3S. The number of benzene rings is 2. The van der Waals surface area contributed by atoms with Gasteiger partial charge in [0.05, 0.1) is 6.10 Å². The molecule has 148 valence electrons. The van der Waals surface area contributed by atoms with Gasteiger partial charge >= 0.3 is 11.8 Å². The summed E-state index contributed by atoms with van der Waals surface area (Å²) in [6.45, 7) is 2.01. The van der Waals surface area contributed by atoms with E-state index in [1.807, 2.05) is 49.4 Å². The van der Waals surface area contributed by atoms with Crippen molar-refractivity contribution in [3.05, 3.63) is 54.1 Å². The predicted octanol–water partition coefficient (Wildman–Crippen LogP) is 3.75. The summed E-state index contributed by atoms with van der Waals surface area (Å²) >= 11 is 1.64. The minimum atomic E-state index is -0.723.